The van der Waals surface area contributed by atoms with Gasteiger partial charge < -0.3 is 4.74 Å². The Hall–Kier alpha value is -1.39. The van der Waals surface area contributed by atoms with E-state index in [1.54, 1.807) is 5.38 Å². The van der Waals surface area contributed by atoms with E-state index in [1.165, 1.54) is 30.6 Å². The van der Waals surface area contributed by atoms with E-state index in [9.17, 15) is 9.18 Å². The summed E-state index contributed by atoms with van der Waals surface area (Å²) in [5.41, 5.74) is 1.11. The molecule has 0 aliphatic carbocycles. The van der Waals surface area contributed by atoms with Gasteiger partial charge in [-0.3, -0.25) is 4.79 Å². The molecular formula is C13H10ClFO2S. The van der Waals surface area contributed by atoms with E-state index in [0.717, 1.165) is 11.6 Å². The highest BCUT2D eigenvalue weighted by Crippen LogP contribution is 2.30. The lowest BCUT2D eigenvalue weighted by Crippen LogP contribution is -2.01. The number of aryl methyl sites for hydroxylation is 1. The first-order valence-corrected chi connectivity index (χ1v) is 6.42. The Morgan fingerprint density at radius 3 is 2.67 bits per heavy atom. The molecule has 1 heterocycles. The molecule has 5 heteroatoms. The van der Waals surface area contributed by atoms with E-state index >= 15 is 0 Å². The monoisotopic (exact) mass is 284 g/mol. The van der Waals surface area contributed by atoms with Crippen LogP contribution in [0.2, 0.25) is 5.02 Å². The molecule has 2 nitrogen and oxygen atoms in total. The van der Waals surface area contributed by atoms with E-state index in [1.807, 2.05) is 6.92 Å². The Kier molecular flexibility index (Phi) is 3.68. The molecule has 0 bridgehead atoms. The second-order valence-corrected chi connectivity index (χ2v) is 5.00. The van der Waals surface area contributed by atoms with Crippen LogP contribution in [0.3, 0.4) is 0 Å². The van der Waals surface area contributed by atoms with Gasteiger partial charge in [0.2, 0.25) is 5.78 Å². The van der Waals surface area contributed by atoms with Crippen molar-refractivity contribution in [3.05, 3.63) is 50.4 Å². The third-order valence-corrected chi connectivity index (χ3v) is 4.22. The number of carbonyl (C=O) groups is 1. The highest BCUT2D eigenvalue weighted by Gasteiger charge is 2.18. The van der Waals surface area contributed by atoms with E-state index in [2.05, 4.69) is 0 Å². The molecule has 0 saturated heterocycles. The summed E-state index contributed by atoms with van der Waals surface area (Å²) in [4.78, 5) is 12.6. The number of ether oxygens (including phenoxy) is 1. The van der Waals surface area contributed by atoms with Crippen LogP contribution in [0.1, 0.15) is 20.8 Å². The summed E-state index contributed by atoms with van der Waals surface area (Å²) in [5, 5.41) is 2.23. The number of hydrogen-bond acceptors (Lipinski definition) is 3. The van der Waals surface area contributed by atoms with E-state index < -0.39 is 5.82 Å². The second-order valence-electron chi connectivity index (χ2n) is 3.74. The molecule has 0 fully saturated rings. The summed E-state index contributed by atoms with van der Waals surface area (Å²) in [6.07, 6.45) is 0. The maximum Gasteiger partial charge on any atom is 0.204 e. The van der Waals surface area contributed by atoms with Crippen molar-refractivity contribution in [2.75, 3.05) is 7.11 Å². The number of methoxy groups -OCH3 is 1. The zero-order valence-electron chi connectivity index (χ0n) is 9.79. The quantitative estimate of drug-likeness (QED) is 0.794. The first-order valence-electron chi connectivity index (χ1n) is 5.16. The Morgan fingerprint density at radius 2 is 2.17 bits per heavy atom. The van der Waals surface area contributed by atoms with Crippen molar-refractivity contribution in [1.29, 1.82) is 0 Å². The van der Waals surface area contributed by atoms with Gasteiger partial charge in [0.1, 0.15) is 0 Å². The largest absolute Gasteiger partial charge is 0.494 e. The maximum absolute atomic E-state index is 13.5. The van der Waals surface area contributed by atoms with Crippen LogP contribution in [-0.4, -0.2) is 12.9 Å². The molecule has 0 aliphatic heterocycles. The fourth-order valence-electron chi connectivity index (χ4n) is 1.52. The van der Waals surface area contributed by atoms with E-state index in [-0.39, 0.29) is 17.1 Å². The molecule has 0 unspecified atom stereocenters. The number of hydrogen-bond donors (Lipinski definition) is 0. The van der Waals surface area contributed by atoms with Gasteiger partial charge in [-0.1, -0.05) is 11.6 Å². The molecule has 2 aromatic rings. The zero-order chi connectivity index (χ0) is 13.3. The molecule has 0 amide bonds. The number of ketones is 1. The average Bonchev–Trinajstić information content (AvgIpc) is 2.69. The highest BCUT2D eigenvalue weighted by atomic mass is 35.5. The number of benzene rings is 1. The predicted molar refractivity (Wildman–Crippen MR) is 70.5 cm³/mol. The molecule has 1 aromatic heterocycles. The minimum absolute atomic E-state index is 0.111. The van der Waals surface area contributed by atoms with E-state index in [0.29, 0.717) is 9.90 Å². The molecule has 0 atom stereocenters. The molecule has 1 aromatic carbocycles. The fourth-order valence-corrected chi connectivity index (χ4v) is 2.76. The molecule has 0 radical (unpaired) electrons. The van der Waals surface area contributed by atoms with Crippen molar-refractivity contribution in [1.82, 2.24) is 0 Å². The number of carbonyl (C=O) groups excluding carboxylic acids is 1. The fraction of sp³-hybridized carbons (Fsp3) is 0.154. The van der Waals surface area contributed by atoms with Gasteiger partial charge >= 0.3 is 0 Å². The molecule has 0 N–H and O–H groups in total. The summed E-state index contributed by atoms with van der Waals surface area (Å²) < 4.78 is 18.3. The van der Waals surface area contributed by atoms with Gasteiger partial charge in [0.15, 0.2) is 11.6 Å². The van der Waals surface area contributed by atoms with Crippen molar-refractivity contribution < 1.29 is 13.9 Å². The summed E-state index contributed by atoms with van der Waals surface area (Å²) in [7, 11) is 1.37. The number of thiophene rings is 1. The average molecular weight is 285 g/mol. The minimum Gasteiger partial charge on any atom is -0.494 e. The molecule has 18 heavy (non-hydrogen) atoms. The first kappa shape index (κ1) is 13.1. The van der Waals surface area contributed by atoms with Crippen LogP contribution >= 0.6 is 22.9 Å². The lowest BCUT2D eigenvalue weighted by molar-refractivity contribution is 0.104. The van der Waals surface area contributed by atoms with Gasteiger partial charge in [-0.05, 0) is 36.1 Å². The lowest BCUT2D eigenvalue weighted by atomic mass is 10.1. The summed E-state index contributed by atoms with van der Waals surface area (Å²) in [5.74, 6) is -0.729. The lowest BCUT2D eigenvalue weighted by Gasteiger charge is -2.04. The zero-order valence-corrected chi connectivity index (χ0v) is 11.4. The second kappa shape index (κ2) is 5.08. The Morgan fingerprint density at radius 1 is 1.44 bits per heavy atom. The van der Waals surface area contributed by atoms with Crippen molar-refractivity contribution in [3.8, 4) is 5.75 Å². The summed E-state index contributed by atoms with van der Waals surface area (Å²) >= 11 is 7.28. The first-order chi connectivity index (χ1) is 8.54. The Labute approximate surface area is 113 Å². The topological polar surface area (TPSA) is 26.3 Å². The highest BCUT2D eigenvalue weighted by molar-refractivity contribution is 7.13. The number of halogens is 2. The third-order valence-electron chi connectivity index (χ3n) is 2.52. The van der Waals surface area contributed by atoms with Gasteiger partial charge in [-0.25, -0.2) is 4.39 Å². The number of rotatable bonds is 3. The van der Waals surface area contributed by atoms with Gasteiger partial charge in [0.05, 0.1) is 17.0 Å². The Bertz CT molecular complexity index is 607. The van der Waals surface area contributed by atoms with Crippen molar-refractivity contribution >= 4 is 28.7 Å². The van der Waals surface area contributed by atoms with E-state index in [4.69, 9.17) is 16.3 Å². The maximum atomic E-state index is 13.5. The van der Waals surface area contributed by atoms with Gasteiger partial charge in [0, 0.05) is 5.56 Å². The Balaban J connectivity index is 2.40. The molecular weight excluding hydrogens is 275 g/mol. The van der Waals surface area contributed by atoms with Gasteiger partial charge in [0.25, 0.3) is 0 Å². The molecule has 0 spiro atoms. The normalized spacial score (nSPS) is 10.4. The minimum atomic E-state index is -0.562. The van der Waals surface area contributed by atoms with Crippen LogP contribution in [-0.2, 0) is 0 Å². The molecule has 94 valence electrons. The van der Waals surface area contributed by atoms with Crippen LogP contribution in [0.5, 0.6) is 5.75 Å². The molecule has 0 aliphatic rings. The van der Waals surface area contributed by atoms with Crippen LogP contribution in [0.15, 0.2) is 23.6 Å². The molecule has 2 rings (SSSR count). The smallest absolute Gasteiger partial charge is 0.204 e. The standard InChI is InChI=1S/C13H10ClFO2S/c1-7-6-18-13(11(7)14)12(16)8-3-4-10(17-2)9(15)5-8/h3-6H,1-2H3. The summed E-state index contributed by atoms with van der Waals surface area (Å²) in [6.45, 7) is 1.82. The van der Waals surface area contributed by atoms with Crippen molar-refractivity contribution in [3.63, 3.8) is 0 Å². The van der Waals surface area contributed by atoms with Crippen LogP contribution in [0.25, 0.3) is 0 Å². The van der Waals surface area contributed by atoms with Crippen LogP contribution in [0, 0.1) is 12.7 Å². The van der Waals surface area contributed by atoms with Gasteiger partial charge in [-0.2, -0.15) is 0 Å². The van der Waals surface area contributed by atoms with Crippen LogP contribution < -0.4 is 4.74 Å². The summed E-state index contributed by atoms with van der Waals surface area (Å²) in [6, 6.07) is 4.11. The SMILES string of the molecule is COc1ccc(C(=O)c2scc(C)c2Cl)cc1F. The third kappa shape index (κ3) is 2.26. The molecule has 0 saturated carbocycles. The predicted octanol–water partition coefficient (Wildman–Crippen LogP) is 4.09. The van der Waals surface area contributed by atoms with Gasteiger partial charge in [-0.15, -0.1) is 11.3 Å². The van der Waals surface area contributed by atoms with Crippen LogP contribution in [0.4, 0.5) is 4.39 Å². The van der Waals surface area contributed by atoms with Crippen molar-refractivity contribution in [2.45, 2.75) is 6.92 Å². The van der Waals surface area contributed by atoms with Crippen molar-refractivity contribution in [2.24, 2.45) is 0 Å².